The second kappa shape index (κ2) is 6.31. The van der Waals surface area contributed by atoms with Crippen molar-refractivity contribution < 1.29 is 9.59 Å². The van der Waals surface area contributed by atoms with Gasteiger partial charge in [-0.05, 0) is 30.7 Å². The fraction of sp³-hybridized carbons (Fsp3) is 0.278. The van der Waals surface area contributed by atoms with Crippen LogP contribution < -0.4 is 10.6 Å². The number of fused-ring (bicyclic) bond motifs is 1. The van der Waals surface area contributed by atoms with Crippen LogP contribution in [0.1, 0.15) is 33.5 Å². The summed E-state index contributed by atoms with van der Waals surface area (Å²) in [4.78, 5) is 32.3. The van der Waals surface area contributed by atoms with Crippen LogP contribution in [-0.2, 0) is 6.54 Å². The Labute approximate surface area is 140 Å². The van der Waals surface area contributed by atoms with Crippen molar-refractivity contribution in [3.05, 3.63) is 59.4 Å². The minimum absolute atomic E-state index is 0.00827. The summed E-state index contributed by atoms with van der Waals surface area (Å²) in [7, 11) is 2.02. The van der Waals surface area contributed by atoms with Gasteiger partial charge in [0.2, 0.25) is 0 Å². The van der Waals surface area contributed by atoms with E-state index in [2.05, 4.69) is 16.0 Å². The number of para-hydroxylation sites is 1. The van der Waals surface area contributed by atoms with Crippen LogP contribution in [0.4, 0.5) is 5.69 Å². The van der Waals surface area contributed by atoms with Crippen LogP contribution in [0.3, 0.4) is 0 Å². The maximum absolute atomic E-state index is 12.9. The van der Waals surface area contributed by atoms with Crippen molar-refractivity contribution in [2.75, 3.05) is 18.5 Å². The van der Waals surface area contributed by atoms with Gasteiger partial charge >= 0.3 is 0 Å². The van der Waals surface area contributed by atoms with Crippen molar-refractivity contribution in [3.8, 4) is 0 Å². The molecule has 2 amide bonds. The number of benzene rings is 1. The highest BCUT2D eigenvalue weighted by Gasteiger charge is 2.28. The molecule has 0 saturated carbocycles. The van der Waals surface area contributed by atoms with E-state index >= 15 is 0 Å². The maximum atomic E-state index is 12.9. The summed E-state index contributed by atoms with van der Waals surface area (Å²) >= 11 is 0. The summed E-state index contributed by atoms with van der Waals surface area (Å²) in [6.45, 7) is 3.24. The Morgan fingerprint density at radius 2 is 1.83 bits per heavy atom. The van der Waals surface area contributed by atoms with Crippen LogP contribution in [0, 0.1) is 0 Å². The zero-order valence-electron chi connectivity index (χ0n) is 13.8. The number of hydrogen-bond donors (Lipinski definition) is 1. The molecule has 1 aromatic carbocycles. The molecule has 0 fully saturated rings. The molecule has 0 aliphatic carbocycles. The number of primary amides is 1. The van der Waals surface area contributed by atoms with Gasteiger partial charge in [-0.15, -0.1) is 0 Å². The van der Waals surface area contributed by atoms with Gasteiger partial charge in [-0.1, -0.05) is 24.3 Å². The Morgan fingerprint density at radius 3 is 2.58 bits per heavy atom. The van der Waals surface area contributed by atoms with Gasteiger partial charge in [-0.3, -0.25) is 9.59 Å². The third-order valence-corrected chi connectivity index (χ3v) is 4.30. The van der Waals surface area contributed by atoms with Crippen molar-refractivity contribution >= 4 is 17.5 Å². The summed E-state index contributed by atoms with van der Waals surface area (Å²) in [5.74, 6) is -0.839. The predicted octanol–water partition coefficient (Wildman–Crippen LogP) is 1.66. The van der Waals surface area contributed by atoms with Crippen molar-refractivity contribution in [1.82, 2.24) is 9.88 Å². The van der Waals surface area contributed by atoms with Crippen molar-refractivity contribution in [2.45, 2.75) is 19.5 Å². The Kier molecular flexibility index (Phi) is 4.20. The van der Waals surface area contributed by atoms with Gasteiger partial charge < -0.3 is 15.5 Å². The SMILES string of the molecule is C[C@H]1CN(C)c2ccccc2CN1C(=O)c1cccc(C(N)=O)n1. The summed E-state index contributed by atoms with van der Waals surface area (Å²) < 4.78 is 0. The molecular weight excluding hydrogens is 304 g/mol. The fourth-order valence-corrected chi connectivity index (χ4v) is 3.06. The Hall–Kier alpha value is -2.89. The number of carbonyl (C=O) groups is 2. The maximum Gasteiger partial charge on any atom is 0.273 e. The van der Waals surface area contributed by atoms with Crippen molar-refractivity contribution in [2.24, 2.45) is 5.73 Å². The molecule has 1 atom stereocenters. The number of nitrogens with two attached hydrogens (primary N) is 1. The molecule has 3 rings (SSSR count). The van der Waals surface area contributed by atoms with Gasteiger partial charge in [0.15, 0.2) is 0 Å². The van der Waals surface area contributed by atoms with Crippen LogP contribution in [0.2, 0.25) is 0 Å². The first-order chi connectivity index (χ1) is 11.5. The van der Waals surface area contributed by atoms with E-state index < -0.39 is 5.91 Å². The average Bonchev–Trinajstić information content (AvgIpc) is 2.71. The van der Waals surface area contributed by atoms with Gasteiger partial charge in [0.05, 0.1) is 0 Å². The number of carbonyl (C=O) groups excluding carboxylic acids is 2. The summed E-state index contributed by atoms with van der Waals surface area (Å²) in [6, 6.07) is 12.8. The second-order valence-electron chi connectivity index (χ2n) is 6.06. The molecular formula is C18H20N4O2. The van der Waals surface area contributed by atoms with Crippen LogP contribution in [0.5, 0.6) is 0 Å². The molecule has 1 aliphatic rings. The molecule has 24 heavy (non-hydrogen) atoms. The third-order valence-electron chi connectivity index (χ3n) is 4.30. The number of likely N-dealkylation sites (N-methyl/N-ethyl adjacent to an activating group) is 1. The van der Waals surface area contributed by atoms with E-state index in [0.29, 0.717) is 6.54 Å². The Balaban J connectivity index is 1.95. The number of anilines is 1. The van der Waals surface area contributed by atoms with Crippen molar-refractivity contribution in [1.29, 1.82) is 0 Å². The number of hydrogen-bond acceptors (Lipinski definition) is 4. The van der Waals surface area contributed by atoms with Crippen LogP contribution in [-0.4, -0.2) is 41.3 Å². The van der Waals surface area contributed by atoms with Crippen LogP contribution in [0.15, 0.2) is 42.5 Å². The first-order valence-electron chi connectivity index (χ1n) is 7.84. The topological polar surface area (TPSA) is 79.5 Å². The monoisotopic (exact) mass is 324 g/mol. The van der Waals surface area contributed by atoms with Gasteiger partial charge in [-0.25, -0.2) is 4.98 Å². The Bertz CT molecular complexity index is 790. The Morgan fingerprint density at radius 1 is 1.12 bits per heavy atom. The predicted molar refractivity (Wildman–Crippen MR) is 91.8 cm³/mol. The van der Waals surface area contributed by atoms with Gasteiger partial charge in [0.25, 0.3) is 11.8 Å². The zero-order valence-corrected chi connectivity index (χ0v) is 13.8. The summed E-state index contributed by atoms with van der Waals surface area (Å²) in [5, 5.41) is 0. The first-order valence-corrected chi connectivity index (χ1v) is 7.84. The number of rotatable bonds is 2. The summed E-state index contributed by atoms with van der Waals surface area (Å²) in [6.07, 6.45) is 0. The molecule has 1 aromatic heterocycles. The van der Waals surface area contributed by atoms with E-state index in [9.17, 15) is 9.59 Å². The van der Waals surface area contributed by atoms with Gasteiger partial charge in [-0.2, -0.15) is 0 Å². The molecule has 6 nitrogen and oxygen atoms in total. The molecule has 0 unspecified atom stereocenters. The smallest absolute Gasteiger partial charge is 0.273 e. The molecule has 0 saturated heterocycles. The summed E-state index contributed by atoms with van der Waals surface area (Å²) in [5.41, 5.74) is 7.81. The van der Waals surface area contributed by atoms with Crippen LogP contribution >= 0.6 is 0 Å². The largest absolute Gasteiger partial charge is 0.372 e. The molecule has 0 radical (unpaired) electrons. The lowest BCUT2D eigenvalue weighted by Crippen LogP contribution is -2.42. The number of nitrogens with zero attached hydrogens (tertiary/aromatic N) is 3. The van der Waals surface area contributed by atoms with E-state index in [1.807, 2.05) is 32.2 Å². The molecule has 1 aliphatic heterocycles. The second-order valence-corrected chi connectivity index (χ2v) is 6.06. The average molecular weight is 324 g/mol. The molecule has 2 N–H and O–H groups in total. The van der Waals surface area contributed by atoms with Crippen LogP contribution in [0.25, 0.3) is 0 Å². The standard InChI is InChI=1S/C18H20N4O2/c1-12-10-21(2)16-9-4-3-6-13(16)11-22(12)18(24)15-8-5-7-14(20-15)17(19)23/h3-9,12H,10-11H2,1-2H3,(H2,19,23)/t12-/m0/s1. The normalized spacial score (nSPS) is 17.2. The number of pyridine rings is 1. The van der Waals surface area contributed by atoms with Gasteiger partial charge in [0, 0.05) is 31.9 Å². The zero-order chi connectivity index (χ0) is 17.3. The lowest BCUT2D eigenvalue weighted by Gasteiger charge is -2.28. The molecule has 6 heteroatoms. The third kappa shape index (κ3) is 2.95. The minimum atomic E-state index is -0.640. The number of amides is 2. The van der Waals surface area contributed by atoms with Gasteiger partial charge in [0.1, 0.15) is 11.4 Å². The quantitative estimate of drug-likeness (QED) is 0.911. The van der Waals surface area contributed by atoms with E-state index in [4.69, 9.17) is 5.73 Å². The lowest BCUT2D eigenvalue weighted by molar-refractivity contribution is 0.0681. The van der Waals surface area contributed by atoms with E-state index in [1.165, 1.54) is 6.07 Å². The fourth-order valence-electron chi connectivity index (χ4n) is 3.06. The molecule has 0 bridgehead atoms. The van der Waals surface area contributed by atoms with Crippen molar-refractivity contribution in [3.63, 3.8) is 0 Å². The highest BCUT2D eigenvalue weighted by atomic mass is 16.2. The van der Waals surface area contributed by atoms with E-state index in [-0.39, 0.29) is 23.3 Å². The lowest BCUT2D eigenvalue weighted by atomic mass is 10.1. The van der Waals surface area contributed by atoms with E-state index in [1.54, 1.807) is 17.0 Å². The minimum Gasteiger partial charge on any atom is -0.372 e. The molecule has 2 aromatic rings. The number of aromatic nitrogens is 1. The highest BCUT2D eigenvalue weighted by molar-refractivity contribution is 5.95. The molecule has 0 spiro atoms. The molecule has 2 heterocycles. The van der Waals surface area contributed by atoms with E-state index in [0.717, 1.165) is 17.8 Å². The first kappa shape index (κ1) is 16.0. The highest BCUT2D eigenvalue weighted by Crippen LogP contribution is 2.26. The molecule has 124 valence electrons.